The van der Waals surface area contributed by atoms with Crippen molar-refractivity contribution in [2.45, 2.75) is 18.7 Å². The lowest BCUT2D eigenvalue weighted by molar-refractivity contribution is 0.582. The molecule has 0 saturated heterocycles. The molecular formula is C17H19N5O2S2. The van der Waals surface area contributed by atoms with Crippen molar-refractivity contribution in [3.05, 3.63) is 53.7 Å². The molecule has 0 aliphatic carbocycles. The second-order valence-electron chi connectivity index (χ2n) is 5.72. The van der Waals surface area contributed by atoms with Crippen LogP contribution in [0, 0.1) is 13.8 Å². The number of pyridine rings is 1. The molecule has 3 aromatic rings. The molecule has 3 rings (SSSR count). The van der Waals surface area contributed by atoms with Gasteiger partial charge in [-0.15, -0.1) is 10.2 Å². The minimum absolute atomic E-state index is 0.244. The highest BCUT2D eigenvalue weighted by molar-refractivity contribution is 7.89. The molecule has 0 aliphatic rings. The van der Waals surface area contributed by atoms with E-state index in [0.29, 0.717) is 21.6 Å². The lowest BCUT2D eigenvalue weighted by atomic mass is 10.2. The summed E-state index contributed by atoms with van der Waals surface area (Å²) >= 11 is 1.37. The average molecular weight is 390 g/mol. The molecule has 0 amide bonds. The molecule has 9 heteroatoms. The van der Waals surface area contributed by atoms with E-state index in [-0.39, 0.29) is 6.54 Å². The molecule has 26 heavy (non-hydrogen) atoms. The molecule has 1 aromatic carbocycles. The third-order valence-electron chi connectivity index (χ3n) is 3.64. The van der Waals surface area contributed by atoms with Crippen molar-refractivity contribution >= 4 is 26.5 Å². The molecule has 0 saturated carbocycles. The summed E-state index contributed by atoms with van der Waals surface area (Å²) in [5, 5.41) is 12.5. The number of hydrogen-bond acceptors (Lipinski definition) is 7. The quantitative estimate of drug-likeness (QED) is 0.603. The Kier molecular flexibility index (Phi) is 5.60. The van der Waals surface area contributed by atoms with Gasteiger partial charge in [0.05, 0.1) is 4.90 Å². The Morgan fingerprint density at radius 1 is 1.08 bits per heavy atom. The van der Waals surface area contributed by atoms with Gasteiger partial charge in [-0.1, -0.05) is 29.5 Å². The van der Waals surface area contributed by atoms with Crippen LogP contribution < -0.4 is 10.0 Å². The first kappa shape index (κ1) is 18.4. The highest BCUT2D eigenvalue weighted by Gasteiger charge is 2.16. The largest absolute Gasteiger partial charge is 0.359 e. The summed E-state index contributed by atoms with van der Waals surface area (Å²) in [5.41, 5.74) is 2.39. The average Bonchev–Trinajstić information content (AvgIpc) is 3.10. The van der Waals surface area contributed by atoms with E-state index in [2.05, 4.69) is 25.2 Å². The summed E-state index contributed by atoms with van der Waals surface area (Å²) in [4.78, 5) is 4.54. The summed E-state index contributed by atoms with van der Waals surface area (Å²) < 4.78 is 27.5. The number of benzene rings is 1. The van der Waals surface area contributed by atoms with Crippen molar-refractivity contribution < 1.29 is 8.42 Å². The first-order valence-electron chi connectivity index (χ1n) is 8.01. The molecular weight excluding hydrogens is 370 g/mol. The zero-order valence-corrected chi connectivity index (χ0v) is 16.1. The van der Waals surface area contributed by atoms with Crippen LogP contribution in [-0.2, 0) is 10.0 Å². The summed E-state index contributed by atoms with van der Waals surface area (Å²) in [5.74, 6) is 0. The van der Waals surface area contributed by atoms with Crippen molar-refractivity contribution in [1.82, 2.24) is 19.9 Å². The Hall–Kier alpha value is -2.36. The van der Waals surface area contributed by atoms with Crippen LogP contribution >= 0.6 is 11.3 Å². The van der Waals surface area contributed by atoms with E-state index in [9.17, 15) is 8.42 Å². The minimum atomic E-state index is -3.54. The Morgan fingerprint density at radius 2 is 1.92 bits per heavy atom. The maximum absolute atomic E-state index is 12.4. The number of sulfonamides is 1. The lowest BCUT2D eigenvalue weighted by Crippen LogP contribution is -2.29. The molecule has 7 nitrogen and oxygen atoms in total. The molecule has 2 N–H and O–H groups in total. The zero-order valence-electron chi connectivity index (χ0n) is 14.4. The minimum Gasteiger partial charge on any atom is -0.359 e. The third kappa shape index (κ3) is 4.43. The van der Waals surface area contributed by atoms with Gasteiger partial charge in [-0.25, -0.2) is 13.1 Å². The van der Waals surface area contributed by atoms with E-state index in [0.717, 1.165) is 16.8 Å². The van der Waals surface area contributed by atoms with Crippen LogP contribution in [0.5, 0.6) is 0 Å². The van der Waals surface area contributed by atoms with Crippen LogP contribution in [0.2, 0.25) is 0 Å². The maximum atomic E-state index is 12.4. The van der Waals surface area contributed by atoms with Crippen LogP contribution in [0.25, 0.3) is 10.7 Å². The van der Waals surface area contributed by atoms with E-state index >= 15 is 0 Å². The van der Waals surface area contributed by atoms with E-state index < -0.39 is 10.0 Å². The van der Waals surface area contributed by atoms with Crippen molar-refractivity contribution in [2.75, 3.05) is 18.4 Å². The van der Waals surface area contributed by atoms with Gasteiger partial charge < -0.3 is 5.32 Å². The van der Waals surface area contributed by atoms with Crippen molar-refractivity contribution in [3.63, 3.8) is 0 Å². The Balaban J connectivity index is 1.56. The Labute approximate surface area is 156 Å². The van der Waals surface area contributed by atoms with Gasteiger partial charge in [-0.05, 0) is 43.2 Å². The number of nitrogens with zero attached hydrogens (tertiary/aromatic N) is 3. The van der Waals surface area contributed by atoms with Gasteiger partial charge in [0.1, 0.15) is 5.69 Å². The monoisotopic (exact) mass is 389 g/mol. The number of nitrogens with one attached hydrogen (secondary N) is 2. The standard InChI is InChI=1S/C17H19N5O2S2/c1-12-6-7-13(2)15(11-12)26(23,24)20-10-9-19-17-22-21-16(25-17)14-5-3-4-8-18-14/h3-8,11,20H,9-10H2,1-2H3,(H,19,22). The first-order valence-corrected chi connectivity index (χ1v) is 10.3. The maximum Gasteiger partial charge on any atom is 0.240 e. The third-order valence-corrected chi connectivity index (χ3v) is 6.14. The van der Waals surface area contributed by atoms with Crippen molar-refractivity contribution in [1.29, 1.82) is 0 Å². The van der Waals surface area contributed by atoms with Gasteiger partial charge in [0.25, 0.3) is 0 Å². The highest BCUT2D eigenvalue weighted by Crippen LogP contribution is 2.24. The molecule has 2 heterocycles. The normalized spacial score (nSPS) is 11.5. The molecule has 0 aliphatic heterocycles. The number of aromatic nitrogens is 3. The molecule has 0 unspecified atom stereocenters. The predicted molar refractivity (Wildman–Crippen MR) is 103 cm³/mol. The van der Waals surface area contributed by atoms with Crippen molar-refractivity contribution in [3.8, 4) is 10.7 Å². The Morgan fingerprint density at radius 3 is 2.69 bits per heavy atom. The molecule has 0 spiro atoms. The number of rotatable bonds is 7. The van der Waals surface area contributed by atoms with Gasteiger partial charge in [0.15, 0.2) is 5.01 Å². The van der Waals surface area contributed by atoms with Crippen LogP contribution in [-0.4, -0.2) is 36.7 Å². The van der Waals surface area contributed by atoms with Crippen LogP contribution in [0.1, 0.15) is 11.1 Å². The van der Waals surface area contributed by atoms with Gasteiger partial charge >= 0.3 is 0 Å². The predicted octanol–water partition coefficient (Wildman–Crippen LogP) is 2.61. The van der Waals surface area contributed by atoms with Gasteiger partial charge in [0, 0.05) is 19.3 Å². The van der Waals surface area contributed by atoms with Crippen LogP contribution in [0.15, 0.2) is 47.5 Å². The zero-order chi connectivity index (χ0) is 18.6. The van der Waals surface area contributed by atoms with E-state index in [1.165, 1.54) is 11.3 Å². The van der Waals surface area contributed by atoms with Gasteiger partial charge in [-0.2, -0.15) is 0 Å². The first-order chi connectivity index (χ1) is 12.5. The van der Waals surface area contributed by atoms with E-state index in [1.807, 2.05) is 37.3 Å². The van der Waals surface area contributed by atoms with Crippen LogP contribution in [0.4, 0.5) is 5.13 Å². The van der Waals surface area contributed by atoms with Crippen molar-refractivity contribution in [2.24, 2.45) is 0 Å². The van der Waals surface area contributed by atoms with Gasteiger partial charge in [-0.3, -0.25) is 4.98 Å². The van der Waals surface area contributed by atoms with Gasteiger partial charge in [0.2, 0.25) is 15.2 Å². The summed E-state index contributed by atoms with van der Waals surface area (Å²) in [6.45, 7) is 4.30. The SMILES string of the molecule is Cc1ccc(C)c(S(=O)(=O)NCCNc2nnc(-c3ccccn3)s2)c1. The van der Waals surface area contributed by atoms with Crippen LogP contribution in [0.3, 0.4) is 0 Å². The molecule has 0 radical (unpaired) electrons. The fourth-order valence-corrected chi connectivity index (χ4v) is 4.42. The highest BCUT2D eigenvalue weighted by atomic mass is 32.2. The number of anilines is 1. The fraction of sp³-hybridized carbons (Fsp3) is 0.235. The number of aryl methyl sites for hydroxylation is 2. The smallest absolute Gasteiger partial charge is 0.240 e. The second-order valence-corrected chi connectivity index (χ2v) is 8.43. The number of hydrogen-bond donors (Lipinski definition) is 2. The Bertz CT molecular complexity index is 987. The lowest BCUT2D eigenvalue weighted by Gasteiger charge is -2.10. The molecule has 0 atom stereocenters. The molecule has 0 fully saturated rings. The molecule has 0 bridgehead atoms. The summed E-state index contributed by atoms with van der Waals surface area (Å²) in [7, 11) is -3.54. The van der Waals surface area contributed by atoms with E-state index in [4.69, 9.17) is 0 Å². The molecule has 2 aromatic heterocycles. The second kappa shape index (κ2) is 7.90. The fourth-order valence-electron chi connectivity index (χ4n) is 2.32. The molecule has 136 valence electrons. The summed E-state index contributed by atoms with van der Waals surface area (Å²) in [6, 6.07) is 11.0. The topological polar surface area (TPSA) is 96.9 Å². The van der Waals surface area contributed by atoms with E-state index in [1.54, 1.807) is 19.2 Å². The summed E-state index contributed by atoms with van der Waals surface area (Å²) in [6.07, 6.45) is 1.70.